The molecule has 0 fully saturated rings. The maximum Gasteiger partial charge on any atom is 0.185 e. The SMILES string of the molecule is Cc1cc(OCCCCn2c(C=O)nc3ccccc32)ccc1Cl. The molecule has 0 amide bonds. The van der Waals surface area contributed by atoms with Crippen LogP contribution in [0, 0.1) is 6.92 Å². The number of unbranched alkanes of at least 4 members (excludes halogenated alkanes) is 1. The molecule has 0 N–H and O–H groups in total. The molecule has 3 aromatic rings. The molecule has 0 bridgehead atoms. The van der Waals surface area contributed by atoms with Crippen molar-refractivity contribution in [3.63, 3.8) is 0 Å². The van der Waals surface area contributed by atoms with Crippen LogP contribution in [0.3, 0.4) is 0 Å². The fraction of sp³-hybridized carbons (Fsp3) is 0.263. The highest BCUT2D eigenvalue weighted by Crippen LogP contribution is 2.21. The molecule has 0 unspecified atom stereocenters. The van der Waals surface area contributed by atoms with Crippen LogP contribution in [0.4, 0.5) is 0 Å². The number of carbonyl (C=O) groups is 1. The molecule has 0 saturated heterocycles. The second kappa shape index (κ2) is 7.49. The molecule has 124 valence electrons. The molecule has 2 aromatic carbocycles. The normalized spacial score (nSPS) is 10.9. The van der Waals surface area contributed by atoms with E-state index in [4.69, 9.17) is 16.3 Å². The van der Waals surface area contributed by atoms with E-state index in [-0.39, 0.29) is 0 Å². The highest BCUT2D eigenvalue weighted by atomic mass is 35.5. The predicted molar refractivity (Wildman–Crippen MR) is 96.0 cm³/mol. The number of nitrogens with zero attached hydrogens (tertiary/aromatic N) is 2. The largest absolute Gasteiger partial charge is 0.494 e. The summed E-state index contributed by atoms with van der Waals surface area (Å²) in [7, 11) is 0. The van der Waals surface area contributed by atoms with Crippen molar-refractivity contribution in [3.05, 3.63) is 58.9 Å². The molecule has 3 rings (SSSR count). The first-order valence-electron chi connectivity index (χ1n) is 7.98. The van der Waals surface area contributed by atoms with Gasteiger partial charge < -0.3 is 9.30 Å². The molecule has 0 atom stereocenters. The lowest BCUT2D eigenvalue weighted by Gasteiger charge is -2.09. The van der Waals surface area contributed by atoms with Gasteiger partial charge in [-0.25, -0.2) is 4.98 Å². The molecule has 0 aliphatic carbocycles. The fourth-order valence-corrected chi connectivity index (χ4v) is 2.81. The number of hydrogen-bond donors (Lipinski definition) is 0. The van der Waals surface area contributed by atoms with E-state index >= 15 is 0 Å². The summed E-state index contributed by atoms with van der Waals surface area (Å²) >= 11 is 6.01. The monoisotopic (exact) mass is 342 g/mol. The van der Waals surface area contributed by atoms with Crippen molar-refractivity contribution in [3.8, 4) is 5.75 Å². The maximum absolute atomic E-state index is 11.2. The molecule has 1 aromatic heterocycles. The van der Waals surface area contributed by atoms with Gasteiger partial charge in [-0.15, -0.1) is 0 Å². The quantitative estimate of drug-likeness (QED) is 0.463. The number of fused-ring (bicyclic) bond motifs is 1. The van der Waals surface area contributed by atoms with Gasteiger partial charge in [-0.2, -0.15) is 0 Å². The number of halogens is 1. The van der Waals surface area contributed by atoms with Crippen molar-refractivity contribution >= 4 is 28.9 Å². The molecular formula is C19H19ClN2O2. The van der Waals surface area contributed by atoms with E-state index in [0.29, 0.717) is 12.4 Å². The predicted octanol–water partition coefficient (Wildman–Crippen LogP) is 4.67. The van der Waals surface area contributed by atoms with Crippen molar-refractivity contribution in [2.24, 2.45) is 0 Å². The summed E-state index contributed by atoms with van der Waals surface area (Å²) in [5.74, 6) is 1.31. The first-order valence-corrected chi connectivity index (χ1v) is 8.36. The summed E-state index contributed by atoms with van der Waals surface area (Å²) in [6.07, 6.45) is 2.62. The van der Waals surface area contributed by atoms with Crippen LogP contribution in [0.15, 0.2) is 42.5 Å². The van der Waals surface area contributed by atoms with E-state index in [9.17, 15) is 4.79 Å². The van der Waals surface area contributed by atoms with Gasteiger partial charge in [-0.1, -0.05) is 23.7 Å². The third kappa shape index (κ3) is 3.60. The van der Waals surface area contributed by atoms with Crippen LogP contribution < -0.4 is 4.74 Å². The summed E-state index contributed by atoms with van der Waals surface area (Å²) in [5.41, 5.74) is 2.86. The maximum atomic E-state index is 11.2. The Kier molecular flexibility index (Phi) is 5.16. The second-order valence-corrected chi connectivity index (χ2v) is 6.10. The highest BCUT2D eigenvalue weighted by Gasteiger charge is 2.08. The zero-order valence-electron chi connectivity index (χ0n) is 13.5. The Hall–Kier alpha value is -2.33. The number of aromatic nitrogens is 2. The molecule has 5 heteroatoms. The van der Waals surface area contributed by atoms with Gasteiger partial charge >= 0.3 is 0 Å². The number of aryl methyl sites for hydroxylation is 2. The second-order valence-electron chi connectivity index (χ2n) is 5.69. The third-order valence-electron chi connectivity index (χ3n) is 3.96. The molecular weight excluding hydrogens is 324 g/mol. The highest BCUT2D eigenvalue weighted by molar-refractivity contribution is 6.31. The Morgan fingerprint density at radius 1 is 1.21 bits per heavy atom. The molecule has 24 heavy (non-hydrogen) atoms. The van der Waals surface area contributed by atoms with E-state index in [1.165, 1.54) is 0 Å². The summed E-state index contributed by atoms with van der Waals surface area (Å²) in [5, 5.41) is 0.746. The smallest absolute Gasteiger partial charge is 0.185 e. The van der Waals surface area contributed by atoms with Crippen molar-refractivity contribution in [1.29, 1.82) is 0 Å². The van der Waals surface area contributed by atoms with Crippen LogP contribution in [-0.2, 0) is 6.54 Å². The van der Waals surface area contributed by atoms with E-state index in [0.717, 1.165) is 53.0 Å². The number of benzene rings is 2. The first-order chi connectivity index (χ1) is 11.7. The number of para-hydroxylation sites is 2. The lowest BCUT2D eigenvalue weighted by molar-refractivity contribution is 0.111. The van der Waals surface area contributed by atoms with Gasteiger partial charge in [0.05, 0.1) is 17.6 Å². The van der Waals surface area contributed by atoms with Crippen molar-refractivity contribution in [2.75, 3.05) is 6.61 Å². The summed E-state index contributed by atoms with van der Waals surface area (Å²) < 4.78 is 7.72. The number of carbonyl (C=O) groups excluding carboxylic acids is 1. The number of aldehydes is 1. The van der Waals surface area contributed by atoms with Crippen LogP contribution in [-0.4, -0.2) is 22.4 Å². The average molecular weight is 343 g/mol. The molecule has 1 heterocycles. The Labute approximate surface area is 146 Å². The summed E-state index contributed by atoms with van der Waals surface area (Å²) in [6.45, 7) is 3.34. The standard InChI is InChI=1S/C19H19ClN2O2/c1-14-12-15(8-9-16(14)20)24-11-5-4-10-22-18-7-3-2-6-17(18)21-19(22)13-23/h2-3,6-9,12-13H,4-5,10-11H2,1H3. The van der Waals surface area contributed by atoms with Gasteiger partial charge in [-0.3, -0.25) is 4.79 Å². The van der Waals surface area contributed by atoms with Crippen molar-refractivity contribution < 1.29 is 9.53 Å². The molecule has 0 aliphatic heterocycles. The number of imidazole rings is 1. The zero-order valence-corrected chi connectivity index (χ0v) is 14.3. The van der Waals surface area contributed by atoms with Crippen molar-refractivity contribution in [2.45, 2.75) is 26.3 Å². The number of hydrogen-bond acceptors (Lipinski definition) is 3. The molecule has 0 radical (unpaired) electrons. The Balaban J connectivity index is 1.55. The topological polar surface area (TPSA) is 44.1 Å². The fourth-order valence-electron chi connectivity index (χ4n) is 2.69. The first kappa shape index (κ1) is 16.5. The third-order valence-corrected chi connectivity index (χ3v) is 4.39. The van der Waals surface area contributed by atoms with E-state index in [1.807, 2.05) is 54.0 Å². The van der Waals surface area contributed by atoms with Crippen LogP contribution >= 0.6 is 11.6 Å². The molecule has 0 aliphatic rings. The summed E-state index contributed by atoms with van der Waals surface area (Å²) in [4.78, 5) is 15.6. The van der Waals surface area contributed by atoms with Crippen LogP contribution in [0.5, 0.6) is 5.75 Å². The molecule has 4 nitrogen and oxygen atoms in total. The minimum Gasteiger partial charge on any atom is -0.494 e. The van der Waals surface area contributed by atoms with Crippen LogP contribution in [0.25, 0.3) is 11.0 Å². The minimum absolute atomic E-state index is 0.477. The summed E-state index contributed by atoms with van der Waals surface area (Å²) in [6, 6.07) is 13.5. The van der Waals surface area contributed by atoms with E-state index < -0.39 is 0 Å². The average Bonchev–Trinajstić information content (AvgIpc) is 2.95. The van der Waals surface area contributed by atoms with Gasteiger partial charge in [-0.05, 0) is 55.7 Å². The number of rotatable bonds is 7. The van der Waals surface area contributed by atoms with E-state index in [2.05, 4.69) is 4.98 Å². The van der Waals surface area contributed by atoms with Gasteiger partial charge in [0.2, 0.25) is 0 Å². The van der Waals surface area contributed by atoms with Gasteiger partial charge in [0.1, 0.15) is 5.75 Å². The Morgan fingerprint density at radius 3 is 2.83 bits per heavy atom. The Morgan fingerprint density at radius 2 is 2.04 bits per heavy atom. The van der Waals surface area contributed by atoms with Crippen molar-refractivity contribution in [1.82, 2.24) is 9.55 Å². The lowest BCUT2D eigenvalue weighted by Crippen LogP contribution is -2.05. The molecule has 0 spiro atoms. The molecule has 0 saturated carbocycles. The Bertz CT molecular complexity index is 858. The number of ether oxygens (including phenoxy) is 1. The lowest BCUT2D eigenvalue weighted by atomic mass is 10.2. The van der Waals surface area contributed by atoms with Crippen LogP contribution in [0.2, 0.25) is 5.02 Å². The van der Waals surface area contributed by atoms with Crippen LogP contribution in [0.1, 0.15) is 29.0 Å². The minimum atomic E-state index is 0.477. The zero-order chi connectivity index (χ0) is 16.9. The van der Waals surface area contributed by atoms with E-state index in [1.54, 1.807) is 0 Å². The van der Waals surface area contributed by atoms with Gasteiger partial charge in [0.25, 0.3) is 0 Å². The van der Waals surface area contributed by atoms with Gasteiger partial charge in [0.15, 0.2) is 12.1 Å². The van der Waals surface area contributed by atoms with Gasteiger partial charge in [0, 0.05) is 11.6 Å².